The summed E-state index contributed by atoms with van der Waals surface area (Å²) in [5.41, 5.74) is 0.444. The number of amides is 1. The summed E-state index contributed by atoms with van der Waals surface area (Å²) in [6.45, 7) is 5.37. The number of rotatable bonds is 5. The van der Waals surface area contributed by atoms with Crippen LogP contribution in [-0.2, 0) is 9.59 Å². The Balaban J connectivity index is 0. The molecule has 0 aromatic heterocycles. The van der Waals surface area contributed by atoms with Crippen LogP contribution in [0.2, 0.25) is 0 Å². The van der Waals surface area contributed by atoms with Gasteiger partial charge in [-0.25, -0.2) is 0 Å². The first kappa shape index (κ1) is 15.8. The zero-order valence-corrected chi connectivity index (χ0v) is 9.06. The van der Waals surface area contributed by atoms with Crippen molar-refractivity contribution in [3.8, 4) is 0 Å². The van der Waals surface area contributed by atoms with Crippen molar-refractivity contribution >= 4 is 12.2 Å². The Morgan fingerprint density at radius 2 is 2.07 bits per heavy atom. The molecule has 0 atom stereocenters. The van der Waals surface area contributed by atoms with E-state index in [1.165, 1.54) is 6.08 Å². The molecule has 0 saturated heterocycles. The van der Waals surface area contributed by atoms with Gasteiger partial charge in [-0.05, 0) is 13.0 Å². The Morgan fingerprint density at radius 1 is 1.47 bits per heavy atom. The highest BCUT2D eigenvalue weighted by Crippen LogP contribution is 1.95. The van der Waals surface area contributed by atoms with E-state index in [9.17, 15) is 9.59 Å². The van der Waals surface area contributed by atoms with Gasteiger partial charge in [-0.15, -0.1) is 0 Å². The SMILES string of the molecule is C=C/C(=C\C=C/C)C(=O)NCC=O.CO. The lowest BCUT2D eigenvalue weighted by Crippen LogP contribution is -2.25. The molecule has 2 N–H and O–H groups in total. The predicted octanol–water partition coefficient (Wildman–Crippen LogP) is 0.598. The molecule has 0 rings (SSSR count). The molecule has 15 heavy (non-hydrogen) atoms. The fraction of sp³-hybridized carbons (Fsp3) is 0.273. The third-order valence-corrected chi connectivity index (χ3v) is 1.30. The van der Waals surface area contributed by atoms with Crippen LogP contribution >= 0.6 is 0 Å². The fourth-order valence-corrected chi connectivity index (χ4v) is 0.673. The zero-order valence-electron chi connectivity index (χ0n) is 9.06. The van der Waals surface area contributed by atoms with E-state index in [1.54, 1.807) is 18.2 Å². The highest BCUT2D eigenvalue weighted by molar-refractivity contribution is 5.97. The number of hydrogen-bond acceptors (Lipinski definition) is 3. The molecule has 0 heterocycles. The van der Waals surface area contributed by atoms with Crippen LogP contribution in [0.1, 0.15) is 6.92 Å². The molecule has 84 valence electrons. The maximum atomic E-state index is 11.2. The number of aliphatic hydroxyl groups excluding tert-OH is 1. The summed E-state index contributed by atoms with van der Waals surface area (Å²) in [5.74, 6) is -0.291. The van der Waals surface area contributed by atoms with Gasteiger partial charge in [0, 0.05) is 12.7 Å². The smallest absolute Gasteiger partial charge is 0.251 e. The average Bonchev–Trinajstić information content (AvgIpc) is 2.30. The molecule has 0 aromatic rings. The summed E-state index contributed by atoms with van der Waals surface area (Å²) in [5, 5.41) is 9.41. The molecular formula is C11H17NO3. The molecule has 0 aliphatic carbocycles. The van der Waals surface area contributed by atoms with Crippen molar-refractivity contribution in [1.29, 1.82) is 0 Å². The molecule has 4 nitrogen and oxygen atoms in total. The van der Waals surface area contributed by atoms with Crippen molar-refractivity contribution in [2.75, 3.05) is 13.7 Å². The summed E-state index contributed by atoms with van der Waals surface area (Å²) in [7, 11) is 1.00. The van der Waals surface area contributed by atoms with Gasteiger partial charge in [-0.3, -0.25) is 4.79 Å². The molecule has 0 fully saturated rings. The minimum Gasteiger partial charge on any atom is -0.400 e. The van der Waals surface area contributed by atoms with Gasteiger partial charge >= 0.3 is 0 Å². The lowest BCUT2D eigenvalue weighted by Gasteiger charge is -1.99. The molecule has 0 spiro atoms. The van der Waals surface area contributed by atoms with Crippen LogP contribution in [0.15, 0.2) is 36.5 Å². The summed E-state index contributed by atoms with van der Waals surface area (Å²) in [6.07, 6.45) is 7.25. The molecule has 0 aliphatic rings. The third-order valence-electron chi connectivity index (χ3n) is 1.30. The third kappa shape index (κ3) is 8.64. The number of carbonyl (C=O) groups excluding carboxylic acids is 2. The highest BCUT2D eigenvalue weighted by Gasteiger charge is 2.02. The Labute approximate surface area is 90.0 Å². The number of nitrogens with one attached hydrogen (secondary N) is 1. The largest absolute Gasteiger partial charge is 0.400 e. The highest BCUT2D eigenvalue weighted by atomic mass is 16.2. The second-order valence-corrected chi connectivity index (χ2v) is 2.23. The molecule has 1 amide bonds. The Bertz CT molecular complexity index is 255. The van der Waals surface area contributed by atoms with Crippen LogP contribution in [0.25, 0.3) is 0 Å². The van der Waals surface area contributed by atoms with Gasteiger partial charge in [0.2, 0.25) is 0 Å². The van der Waals surface area contributed by atoms with Crippen molar-refractivity contribution in [3.63, 3.8) is 0 Å². The van der Waals surface area contributed by atoms with Gasteiger partial charge in [0.15, 0.2) is 0 Å². The van der Waals surface area contributed by atoms with E-state index in [2.05, 4.69) is 11.9 Å². The van der Waals surface area contributed by atoms with E-state index in [1.807, 2.05) is 6.92 Å². The summed E-state index contributed by atoms with van der Waals surface area (Å²) < 4.78 is 0. The molecule has 0 unspecified atom stereocenters. The quantitative estimate of drug-likeness (QED) is 0.397. The fourth-order valence-electron chi connectivity index (χ4n) is 0.673. The predicted molar refractivity (Wildman–Crippen MR) is 60.3 cm³/mol. The van der Waals surface area contributed by atoms with Crippen molar-refractivity contribution in [1.82, 2.24) is 5.32 Å². The maximum Gasteiger partial charge on any atom is 0.251 e. The van der Waals surface area contributed by atoms with Gasteiger partial charge in [-0.1, -0.05) is 24.8 Å². The van der Waals surface area contributed by atoms with Gasteiger partial charge in [-0.2, -0.15) is 0 Å². The van der Waals surface area contributed by atoms with Gasteiger partial charge in [0.1, 0.15) is 6.29 Å². The van der Waals surface area contributed by atoms with Gasteiger partial charge in [0.05, 0.1) is 6.54 Å². The van der Waals surface area contributed by atoms with Crippen molar-refractivity contribution in [2.24, 2.45) is 0 Å². The molecule has 0 aliphatic heterocycles. The van der Waals surface area contributed by atoms with Crippen LogP contribution in [0, 0.1) is 0 Å². The van der Waals surface area contributed by atoms with E-state index in [0.29, 0.717) is 11.9 Å². The minimum atomic E-state index is -0.291. The number of carbonyl (C=O) groups is 2. The number of hydrogen-bond donors (Lipinski definition) is 2. The molecule has 4 heteroatoms. The number of allylic oxidation sites excluding steroid dienone is 3. The number of aliphatic hydroxyl groups is 1. The van der Waals surface area contributed by atoms with E-state index in [-0.39, 0.29) is 12.5 Å². The minimum absolute atomic E-state index is 0.0276. The summed E-state index contributed by atoms with van der Waals surface area (Å²) in [4.78, 5) is 21.2. The Morgan fingerprint density at radius 3 is 2.47 bits per heavy atom. The molecule has 0 bridgehead atoms. The summed E-state index contributed by atoms with van der Waals surface area (Å²) >= 11 is 0. The van der Waals surface area contributed by atoms with Crippen LogP contribution in [0.3, 0.4) is 0 Å². The first-order valence-electron chi connectivity index (χ1n) is 4.38. The monoisotopic (exact) mass is 211 g/mol. The topological polar surface area (TPSA) is 66.4 Å². The first-order chi connectivity index (χ1) is 7.26. The van der Waals surface area contributed by atoms with Crippen molar-refractivity contribution in [2.45, 2.75) is 6.92 Å². The van der Waals surface area contributed by atoms with Crippen LogP contribution < -0.4 is 5.32 Å². The zero-order chi connectivity index (χ0) is 12.1. The summed E-state index contributed by atoms with van der Waals surface area (Å²) in [6, 6.07) is 0. The molecule has 0 radical (unpaired) electrons. The van der Waals surface area contributed by atoms with E-state index >= 15 is 0 Å². The van der Waals surface area contributed by atoms with Crippen LogP contribution in [-0.4, -0.2) is 31.0 Å². The normalized spacial score (nSPS) is 10.2. The lowest BCUT2D eigenvalue weighted by molar-refractivity contribution is -0.119. The van der Waals surface area contributed by atoms with Crippen molar-refractivity contribution < 1.29 is 14.7 Å². The second kappa shape index (κ2) is 12.3. The Kier molecular flexibility index (Phi) is 13.0. The van der Waals surface area contributed by atoms with E-state index in [0.717, 1.165) is 7.11 Å². The molecule has 0 saturated carbocycles. The van der Waals surface area contributed by atoms with Crippen molar-refractivity contribution in [3.05, 3.63) is 36.5 Å². The van der Waals surface area contributed by atoms with Gasteiger partial charge < -0.3 is 15.2 Å². The standard InChI is InChI=1S/C10H13NO2.CH4O/c1-3-5-6-9(4-2)10(13)11-7-8-12;1-2/h3-6,8H,2,7H2,1H3,(H,11,13);2H,1H3/b5-3-,9-6+;. The lowest BCUT2D eigenvalue weighted by atomic mass is 10.2. The van der Waals surface area contributed by atoms with Gasteiger partial charge in [0.25, 0.3) is 5.91 Å². The molecule has 0 aromatic carbocycles. The van der Waals surface area contributed by atoms with Crippen LogP contribution in [0.4, 0.5) is 0 Å². The van der Waals surface area contributed by atoms with E-state index in [4.69, 9.17) is 5.11 Å². The maximum absolute atomic E-state index is 11.2. The average molecular weight is 211 g/mol. The Hall–Kier alpha value is -1.68. The molecular weight excluding hydrogens is 194 g/mol. The second-order valence-electron chi connectivity index (χ2n) is 2.23. The van der Waals surface area contributed by atoms with E-state index < -0.39 is 0 Å². The number of aldehydes is 1. The first-order valence-corrected chi connectivity index (χ1v) is 4.38. The van der Waals surface area contributed by atoms with Crippen LogP contribution in [0.5, 0.6) is 0 Å².